The summed E-state index contributed by atoms with van der Waals surface area (Å²) in [5.41, 5.74) is 2.11. The topological polar surface area (TPSA) is 133 Å². The van der Waals surface area contributed by atoms with Crippen LogP contribution in [0.5, 0.6) is 0 Å². The van der Waals surface area contributed by atoms with E-state index in [0.29, 0.717) is 41.9 Å². The molecule has 2 aromatic carbocycles. The van der Waals surface area contributed by atoms with Crippen LogP contribution in [0.1, 0.15) is 24.5 Å². The molecule has 0 bridgehead atoms. The van der Waals surface area contributed by atoms with Gasteiger partial charge in [0.2, 0.25) is 0 Å². The average Bonchev–Trinajstić information content (AvgIpc) is 2.81. The van der Waals surface area contributed by atoms with Gasteiger partial charge >= 0.3 is 5.97 Å². The maximum atomic E-state index is 13.2. The summed E-state index contributed by atoms with van der Waals surface area (Å²) in [6.45, 7) is 2.99. The van der Waals surface area contributed by atoms with Gasteiger partial charge in [-0.05, 0) is 54.5 Å². The highest BCUT2D eigenvalue weighted by atomic mass is 16.6. The molecule has 1 fully saturated rings. The lowest BCUT2D eigenvalue weighted by Crippen LogP contribution is -2.39. The second-order valence-electron chi connectivity index (χ2n) is 7.63. The lowest BCUT2D eigenvalue weighted by Gasteiger charge is -2.29. The number of carbonyl (C=O) groups is 2. The minimum absolute atomic E-state index is 0.0491. The van der Waals surface area contributed by atoms with Crippen molar-refractivity contribution < 1.29 is 24.2 Å². The summed E-state index contributed by atoms with van der Waals surface area (Å²) in [6.07, 6.45) is 3.51. The smallest absolute Gasteiger partial charge is 0.307 e. The maximum Gasteiger partial charge on any atom is 0.307 e. The fourth-order valence-corrected chi connectivity index (χ4v) is 3.54. The van der Waals surface area contributed by atoms with Crippen molar-refractivity contribution in [3.63, 3.8) is 0 Å². The summed E-state index contributed by atoms with van der Waals surface area (Å²) in [6, 6.07) is 11.7. The number of likely N-dealkylation sites (tertiary alicyclic amines) is 1. The number of hydrogen-bond acceptors (Lipinski definition) is 8. The number of nitro groups is 2. The highest BCUT2D eigenvalue weighted by Crippen LogP contribution is 2.24. The van der Waals surface area contributed by atoms with Crippen molar-refractivity contribution in [1.82, 2.24) is 4.90 Å². The molecule has 3 rings (SSSR count). The van der Waals surface area contributed by atoms with E-state index < -0.39 is 9.85 Å². The van der Waals surface area contributed by atoms with E-state index in [1.165, 1.54) is 24.3 Å². The number of hydrogen-bond donors (Lipinski definition) is 0. The fraction of sp³-hybridized carbons (Fsp3) is 0.250. The van der Waals surface area contributed by atoms with Crippen molar-refractivity contribution in [3.05, 3.63) is 91.0 Å². The predicted molar refractivity (Wildman–Crippen MR) is 125 cm³/mol. The molecule has 1 saturated heterocycles. The summed E-state index contributed by atoms with van der Waals surface area (Å²) < 4.78 is 4.99. The molecule has 1 aliphatic rings. The van der Waals surface area contributed by atoms with Crippen LogP contribution in [0.15, 0.2) is 59.7 Å². The van der Waals surface area contributed by atoms with Gasteiger partial charge in [-0.15, -0.1) is 0 Å². The van der Waals surface area contributed by atoms with Gasteiger partial charge in [-0.2, -0.15) is 0 Å². The number of nitrogens with zero attached hydrogens (tertiary/aromatic N) is 3. The highest BCUT2D eigenvalue weighted by Gasteiger charge is 2.26. The molecular formula is C24H23N3O7. The minimum Gasteiger partial charge on any atom is -0.466 e. The number of Topliss-reactive ketones (excluding diaryl/α,β-unsaturated/α-hetero) is 1. The number of non-ortho nitro benzene ring substituents is 2. The Labute approximate surface area is 195 Å². The highest BCUT2D eigenvalue weighted by molar-refractivity contribution is 6.14. The zero-order valence-corrected chi connectivity index (χ0v) is 18.5. The van der Waals surface area contributed by atoms with E-state index in [2.05, 4.69) is 0 Å². The van der Waals surface area contributed by atoms with E-state index in [0.717, 1.165) is 0 Å². The number of piperidine rings is 1. The van der Waals surface area contributed by atoms with Crippen LogP contribution in [-0.2, 0) is 14.3 Å². The van der Waals surface area contributed by atoms with Crippen molar-refractivity contribution in [1.29, 1.82) is 0 Å². The van der Waals surface area contributed by atoms with Crippen molar-refractivity contribution >= 4 is 35.3 Å². The molecule has 1 heterocycles. The molecule has 0 N–H and O–H groups in total. The van der Waals surface area contributed by atoms with Crippen LogP contribution < -0.4 is 0 Å². The van der Waals surface area contributed by atoms with E-state index in [-0.39, 0.29) is 36.2 Å². The first-order valence-corrected chi connectivity index (χ1v) is 10.6. The van der Waals surface area contributed by atoms with E-state index >= 15 is 0 Å². The molecule has 10 nitrogen and oxygen atoms in total. The third kappa shape index (κ3) is 6.42. The number of ketones is 1. The van der Waals surface area contributed by atoms with Crippen LogP contribution in [0.25, 0.3) is 12.2 Å². The van der Waals surface area contributed by atoms with Crippen molar-refractivity contribution in [2.75, 3.05) is 26.2 Å². The van der Waals surface area contributed by atoms with E-state index in [4.69, 9.17) is 4.74 Å². The van der Waals surface area contributed by atoms with Crippen LogP contribution in [0.3, 0.4) is 0 Å². The first-order valence-electron chi connectivity index (χ1n) is 10.6. The van der Waals surface area contributed by atoms with Gasteiger partial charge in [-0.1, -0.05) is 0 Å². The standard InChI is InChI=1S/C24H23N3O7/c1-2-34-23(28)11-12-25-15-19(13-17-3-7-21(8-4-17)26(30)31)24(29)20(16-25)14-18-5-9-22(10-6-18)27(32)33/h3-10,13-14H,2,11-12,15-16H2,1H3/b19-13+,20-14+. The second kappa shape index (κ2) is 11.1. The Bertz CT molecular complexity index is 1070. The van der Waals surface area contributed by atoms with Gasteiger partial charge in [0.15, 0.2) is 5.78 Å². The Morgan fingerprint density at radius 1 is 0.912 bits per heavy atom. The molecule has 0 saturated carbocycles. The third-order valence-corrected chi connectivity index (χ3v) is 5.20. The first-order chi connectivity index (χ1) is 16.3. The molecule has 34 heavy (non-hydrogen) atoms. The van der Waals surface area contributed by atoms with Gasteiger partial charge in [0.05, 0.1) is 22.9 Å². The zero-order chi connectivity index (χ0) is 24.7. The number of carbonyl (C=O) groups excluding carboxylic acids is 2. The minimum atomic E-state index is -0.495. The lowest BCUT2D eigenvalue weighted by molar-refractivity contribution is -0.385. The molecule has 0 spiro atoms. The summed E-state index contributed by atoms with van der Waals surface area (Å²) in [4.78, 5) is 47.7. The molecule has 0 atom stereocenters. The van der Waals surface area contributed by atoms with E-state index in [1.54, 1.807) is 43.3 Å². The number of rotatable bonds is 8. The van der Waals surface area contributed by atoms with Gasteiger partial charge in [-0.25, -0.2) is 0 Å². The lowest BCUT2D eigenvalue weighted by atomic mass is 9.94. The normalized spacial score (nSPS) is 16.6. The van der Waals surface area contributed by atoms with Gasteiger partial charge in [0.25, 0.3) is 11.4 Å². The number of nitro benzene ring substituents is 2. The molecule has 0 amide bonds. The fourth-order valence-electron chi connectivity index (χ4n) is 3.54. The molecule has 2 aromatic rings. The van der Waals surface area contributed by atoms with Gasteiger partial charge in [-0.3, -0.25) is 34.7 Å². The second-order valence-corrected chi connectivity index (χ2v) is 7.63. The quantitative estimate of drug-likeness (QED) is 0.249. The van der Waals surface area contributed by atoms with Crippen LogP contribution in [0, 0.1) is 20.2 Å². The van der Waals surface area contributed by atoms with Crippen molar-refractivity contribution in [2.24, 2.45) is 0 Å². The summed E-state index contributed by atoms with van der Waals surface area (Å²) >= 11 is 0. The molecule has 0 radical (unpaired) electrons. The van der Waals surface area contributed by atoms with Gasteiger partial charge < -0.3 is 4.74 Å². The number of esters is 1. The van der Waals surface area contributed by atoms with Gasteiger partial charge in [0, 0.05) is 55.0 Å². The Kier molecular flexibility index (Phi) is 7.99. The predicted octanol–water partition coefficient (Wildman–Crippen LogP) is 3.81. The third-order valence-electron chi connectivity index (χ3n) is 5.20. The van der Waals surface area contributed by atoms with Crippen LogP contribution in [-0.4, -0.2) is 52.7 Å². The SMILES string of the molecule is CCOC(=O)CCN1C/C(=C\c2ccc([N+](=O)[O-])cc2)C(=O)/C(=C/c2ccc([N+](=O)[O-])cc2)C1. The Balaban J connectivity index is 1.89. The van der Waals surface area contributed by atoms with E-state index in [1.807, 2.05) is 4.90 Å². The molecule has 10 heteroatoms. The van der Waals surface area contributed by atoms with Gasteiger partial charge in [0.1, 0.15) is 0 Å². The summed E-state index contributed by atoms with van der Waals surface area (Å²) in [5.74, 6) is -0.523. The number of ether oxygens (including phenoxy) is 1. The van der Waals surface area contributed by atoms with Crippen molar-refractivity contribution in [2.45, 2.75) is 13.3 Å². The zero-order valence-electron chi connectivity index (χ0n) is 18.5. The molecule has 0 aromatic heterocycles. The largest absolute Gasteiger partial charge is 0.466 e. The molecule has 176 valence electrons. The monoisotopic (exact) mass is 465 g/mol. The molecule has 0 aliphatic carbocycles. The van der Waals surface area contributed by atoms with Crippen LogP contribution in [0.4, 0.5) is 11.4 Å². The van der Waals surface area contributed by atoms with Crippen LogP contribution >= 0.6 is 0 Å². The maximum absolute atomic E-state index is 13.2. The Morgan fingerprint density at radius 3 is 1.74 bits per heavy atom. The number of benzene rings is 2. The summed E-state index contributed by atoms with van der Waals surface area (Å²) in [5, 5.41) is 21.8. The average molecular weight is 465 g/mol. The van der Waals surface area contributed by atoms with Crippen LogP contribution in [0.2, 0.25) is 0 Å². The van der Waals surface area contributed by atoms with E-state index in [9.17, 15) is 29.8 Å². The molecule has 0 unspecified atom stereocenters. The Hall–Kier alpha value is -4.18. The first kappa shape index (κ1) is 24.5. The Morgan fingerprint density at radius 2 is 1.35 bits per heavy atom. The summed E-state index contributed by atoms with van der Waals surface area (Å²) in [7, 11) is 0. The molecular weight excluding hydrogens is 442 g/mol. The molecule has 1 aliphatic heterocycles. The van der Waals surface area contributed by atoms with Crippen molar-refractivity contribution in [3.8, 4) is 0 Å².